The van der Waals surface area contributed by atoms with Gasteiger partial charge in [-0.15, -0.1) is 11.3 Å². The summed E-state index contributed by atoms with van der Waals surface area (Å²) in [7, 11) is 0. The molecule has 0 aromatic carbocycles. The summed E-state index contributed by atoms with van der Waals surface area (Å²) >= 11 is 1.87. The van der Waals surface area contributed by atoms with Gasteiger partial charge in [-0.3, -0.25) is 0 Å². The Morgan fingerprint density at radius 2 is 1.89 bits per heavy atom. The first kappa shape index (κ1) is 15.0. The molecule has 19 heavy (non-hydrogen) atoms. The van der Waals surface area contributed by atoms with Crippen LogP contribution in [0.3, 0.4) is 0 Å². The zero-order chi connectivity index (χ0) is 13.8. The molecule has 1 aromatic heterocycles. The Hall–Kier alpha value is -0.410. The fourth-order valence-corrected chi connectivity index (χ4v) is 3.92. The fourth-order valence-electron chi connectivity index (χ4n) is 2.93. The number of hydrogen-bond acceptors (Lipinski definition) is 3. The van der Waals surface area contributed by atoms with E-state index in [1.165, 1.54) is 36.4 Å². The van der Waals surface area contributed by atoms with Crippen LogP contribution >= 0.6 is 11.3 Å². The van der Waals surface area contributed by atoms with Gasteiger partial charge in [-0.2, -0.15) is 0 Å². The van der Waals surface area contributed by atoms with Crippen molar-refractivity contribution >= 4 is 11.3 Å². The number of rotatable bonds is 5. The Balaban J connectivity index is 1.86. The van der Waals surface area contributed by atoms with Crippen LogP contribution in [-0.2, 0) is 6.54 Å². The van der Waals surface area contributed by atoms with Crippen molar-refractivity contribution in [3.8, 4) is 0 Å². The van der Waals surface area contributed by atoms with Crippen molar-refractivity contribution in [3.63, 3.8) is 0 Å². The second kappa shape index (κ2) is 6.85. The molecule has 1 saturated carbocycles. The van der Waals surface area contributed by atoms with Crippen LogP contribution in [0.4, 0.5) is 0 Å². The van der Waals surface area contributed by atoms with E-state index in [1.54, 1.807) is 0 Å². The fraction of sp³-hybridized carbons (Fsp3) is 0.812. The topological polar surface area (TPSA) is 24.9 Å². The lowest BCUT2D eigenvalue weighted by molar-refractivity contribution is 0.258. The molecular weight excluding hydrogens is 252 g/mol. The summed E-state index contributed by atoms with van der Waals surface area (Å²) in [6.07, 6.45) is 5.46. The van der Waals surface area contributed by atoms with Crippen LogP contribution in [0.25, 0.3) is 0 Å². The van der Waals surface area contributed by atoms with Crippen molar-refractivity contribution in [1.82, 2.24) is 10.3 Å². The Bertz CT molecular complexity index is 376. The van der Waals surface area contributed by atoms with Crippen LogP contribution < -0.4 is 5.32 Å². The third-order valence-electron chi connectivity index (χ3n) is 4.32. The summed E-state index contributed by atoms with van der Waals surface area (Å²) in [6.45, 7) is 10.0. The normalized spacial score (nSPS) is 24.3. The standard InChI is InChI=1S/C16H28N2S/c1-11(2)13-5-7-14(8-6-13)16-18-15(10-19-16)9-17-12(3)4/h10-14,17H,5-9H2,1-4H3. The van der Waals surface area contributed by atoms with E-state index in [1.807, 2.05) is 11.3 Å². The summed E-state index contributed by atoms with van der Waals surface area (Å²) in [6, 6.07) is 0.534. The van der Waals surface area contributed by atoms with Gasteiger partial charge < -0.3 is 5.32 Å². The van der Waals surface area contributed by atoms with Gasteiger partial charge in [-0.25, -0.2) is 4.98 Å². The first-order valence-electron chi connectivity index (χ1n) is 7.74. The molecule has 1 aliphatic carbocycles. The minimum atomic E-state index is 0.534. The number of nitrogens with zero attached hydrogens (tertiary/aromatic N) is 1. The maximum absolute atomic E-state index is 4.83. The van der Waals surface area contributed by atoms with E-state index >= 15 is 0 Å². The molecular formula is C16H28N2S. The smallest absolute Gasteiger partial charge is 0.0959 e. The maximum atomic E-state index is 4.83. The third kappa shape index (κ3) is 4.28. The van der Waals surface area contributed by atoms with Gasteiger partial charge in [0, 0.05) is 23.9 Å². The van der Waals surface area contributed by atoms with Crippen LogP contribution in [0.15, 0.2) is 5.38 Å². The first-order valence-corrected chi connectivity index (χ1v) is 8.62. The van der Waals surface area contributed by atoms with Crippen molar-refractivity contribution in [1.29, 1.82) is 0 Å². The summed E-state index contributed by atoms with van der Waals surface area (Å²) in [5.41, 5.74) is 1.22. The number of aromatic nitrogens is 1. The minimum Gasteiger partial charge on any atom is -0.309 e. The van der Waals surface area contributed by atoms with Gasteiger partial charge in [0.25, 0.3) is 0 Å². The Morgan fingerprint density at radius 3 is 2.47 bits per heavy atom. The Morgan fingerprint density at radius 1 is 1.21 bits per heavy atom. The quantitative estimate of drug-likeness (QED) is 0.854. The van der Waals surface area contributed by atoms with Crippen molar-refractivity contribution in [2.75, 3.05) is 0 Å². The lowest BCUT2D eigenvalue weighted by Gasteiger charge is -2.29. The molecule has 0 radical (unpaired) electrons. The molecule has 1 heterocycles. The average Bonchev–Trinajstić information content (AvgIpc) is 2.85. The van der Waals surface area contributed by atoms with E-state index in [4.69, 9.17) is 4.98 Å². The molecule has 0 bridgehead atoms. The molecule has 0 saturated heterocycles. The number of thiazole rings is 1. The summed E-state index contributed by atoms with van der Waals surface area (Å²) in [5.74, 6) is 2.52. The third-order valence-corrected chi connectivity index (χ3v) is 5.38. The molecule has 0 atom stereocenters. The monoisotopic (exact) mass is 280 g/mol. The van der Waals surface area contributed by atoms with Crippen LogP contribution in [-0.4, -0.2) is 11.0 Å². The van der Waals surface area contributed by atoms with Crippen molar-refractivity contribution in [2.24, 2.45) is 11.8 Å². The van der Waals surface area contributed by atoms with Gasteiger partial charge in [0.2, 0.25) is 0 Å². The molecule has 0 unspecified atom stereocenters. The second-order valence-corrected chi connectivity index (χ2v) is 7.46. The van der Waals surface area contributed by atoms with Gasteiger partial charge in [0.15, 0.2) is 0 Å². The van der Waals surface area contributed by atoms with E-state index < -0.39 is 0 Å². The summed E-state index contributed by atoms with van der Waals surface area (Å²) < 4.78 is 0. The van der Waals surface area contributed by atoms with Crippen LogP contribution in [0.2, 0.25) is 0 Å². The highest BCUT2D eigenvalue weighted by Gasteiger charge is 2.25. The molecule has 1 N–H and O–H groups in total. The van der Waals surface area contributed by atoms with Crippen LogP contribution in [0.5, 0.6) is 0 Å². The lowest BCUT2D eigenvalue weighted by Crippen LogP contribution is -2.22. The van der Waals surface area contributed by atoms with Crippen molar-refractivity contribution < 1.29 is 0 Å². The zero-order valence-electron chi connectivity index (χ0n) is 12.8. The van der Waals surface area contributed by atoms with Crippen LogP contribution in [0.1, 0.15) is 70.0 Å². The Kier molecular flexibility index (Phi) is 5.40. The van der Waals surface area contributed by atoms with E-state index in [2.05, 4.69) is 38.4 Å². The lowest BCUT2D eigenvalue weighted by atomic mass is 9.77. The minimum absolute atomic E-state index is 0.534. The first-order chi connectivity index (χ1) is 9.06. The Labute approximate surface area is 122 Å². The second-order valence-electron chi connectivity index (χ2n) is 6.57. The van der Waals surface area contributed by atoms with Gasteiger partial charge >= 0.3 is 0 Å². The van der Waals surface area contributed by atoms with Crippen molar-refractivity contribution in [2.45, 2.75) is 71.9 Å². The van der Waals surface area contributed by atoms with Gasteiger partial charge in [-0.05, 0) is 37.5 Å². The molecule has 2 rings (SSSR count). The molecule has 0 spiro atoms. The van der Waals surface area contributed by atoms with E-state index in [9.17, 15) is 0 Å². The summed E-state index contributed by atoms with van der Waals surface area (Å²) in [5, 5.41) is 7.06. The average molecular weight is 280 g/mol. The SMILES string of the molecule is CC(C)NCc1csc(C2CCC(C(C)C)CC2)n1. The predicted octanol–water partition coefficient (Wildman–Crippen LogP) is 4.57. The van der Waals surface area contributed by atoms with Gasteiger partial charge in [0.05, 0.1) is 10.7 Å². The molecule has 2 nitrogen and oxygen atoms in total. The molecule has 1 aromatic rings. The molecule has 108 valence electrons. The van der Waals surface area contributed by atoms with E-state index in [0.29, 0.717) is 6.04 Å². The number of hydrogen-bond donors (Lipinski definition) is 1. The number of nitrogens with one attached hydrogen (secondary N) is 1. The van der Waals surface area contributed by atoms with E-state index in [0.717, 1.165) is 24.3 Å². The van der Waals surface area contributed by atoms with Gasteiger partial charge in [-0.1, -0.05) is 27.7 Å². The van der Waals surface area contributed by atoms with Crippen LogP contribution in [0, 0.1) is 11.8 Å². The predicted molar refractivity (Wildman–Crippen MR) is 83.6 cm³/mol. The largest absolute Gasteiger partial charge is 0.309 e. The zero-order valence-corrected chi connectivity index (χ0v) is 13.6. The molecule has 0 amide bonds. The molecule has 1 aliphatic rings. The highest BCUT2D eigenvalue weighted by molar-refractivity contribution is 7.09. The van der Waals surface area contributed by atoms with E-state index in [-0.39, 0.29) is 0 Å². The summed E-state index contributed by atoms with van der Waals surface area (Å²) in [4.78, 5) is 4.83. The highest BCUT2D eigenvalue weighted by atomic mass is 32.1. The molecule has 1 fully saturated rings. The highest BCUT2D eigenvalue weighted by Crippen LogP contribution is 2.39. The van der Waals surface area contributed by atoms with Crippen molar-refractivity contribution in [3.05, 3.63) is 16.1 Å². The van der Waals surface area contributed by atoms with Gasteiger partial charge in [0.1, 0.15) is 0 Å². The molecule has 0 aliphatic heterocycles. The maximum Gasteiger partial charge on any atom is 0.0959 e. The molecule has 3 heteroatoms.